The molecule has 1 aliphatic rings. The molecule has 9 nitrogen and oxygen atoms in total. The minimum absolute atomic E-state index is 0.000742. The Morgan fingerprint density at radius 1 is 1.14 bits per heavy atom. The van der Waals surface area contributed by atoms with Gasteiger partial charge >= 0.3 is 5.97 Å². The largest absolute Gasteiger partial charge is 0.457 e. The highest BCUT2D eigenvalue weighted by Gasteiger charge is 2.27. The summed E-state index contributed by atoms with van der Waals surface area (Å²) in [6.45, 7) is 0.989. The van der Waals surface area contributed by atoms with Crippen molar-refractivity contribution in [3.63, 3.8) is 0 Å². The Balaban J connectivity index is 1.72. The highest BCUT2D eigenvalue weighted by molar-refractivity contribution is 7.89. The number of hydrogen-bond donors (Lipinski definition) is 0. The van der Waals surface area contributed by atoms with Gasteiger partial charge < -0.3 is 9.47 Å². The number of non-ortho nitro benzene ring substituents is 1. The number of hydrogen-bond acceptors (Lipinski definition) is 7. The van der Waals surface area contributed by atoms with Crippen LogP contribution in [0.15, 0.2) is 53.4 Å². The van der Waals surface area contributed by atoms with Gasteiger partial charge in [-0.2, -0.15) is 4.31 Å². The molecule has 0 atom stereocenters. The van der Waals surface area contributed by atoms with Crippen molar-refractivity contribution in [3.05, 3.63) is 69.8 Å². The van der Waals surface area contributed by atoms with Gasteiger partial charge in [-0.05, 0) is 23.8 Å². The van der Waals surface area contributed by atoms with Crippen LogP contribution in [0.25, 0.3) is 0 Å². The molecule has 0 amide bonds. The first-order valence-corrected chi connectivity index (χ1v) is 9.90. The molecule has 1 aliphatic heterocycles. The molecular formula is C18H18N2O7S. The average Bonchev–Trinajstić information content (AvgIpc) is 2.73. The molecule has 0 saturated carbocycles. The van der Waals surface area contributed by atoms with Crippen molar-refractivity contribution in [2.75, 3.05) is 26.3 Å². The van der Waals surface area contributed by atoms with Crippen molar-refractivity contribution in [2.45, 2.75) is 11.5 Å². The zero-order valence-electron chi connectivity index (χ0n) is 14.8. The zero-order valence-corrected chi connectivity index (χ0v) is 15.6. The summed E-state index contributed by atoms with van der Waals surface area (Å²) in [6, 6.07) is 11.3. The van der Waals surface area contributed by atoms with Crippen molar-refractivity contribution in [1.82, 2.24) is 4.31 Å². The number of sulfonamides is 1. The second-order valence-corrected chi connectivity index (χ2v) is 7.99. The maximum absolute atomic E-state index is 12.7. The van der Waals surface area contributed by atoms with Crippen LogP contribution in [0.2, 0.25) is 0 Å². The molecule has 0 unspecified atom stereocenters. The predicted molar refractivity (Wildman–Crippen MR) is 98.2 cm³/mol. The number of rotatable bonds is 6. The average molecular weight is 406 g/mol. The quantitative estimate of drug-likeness (QED) is 0.409. The fraction of sp³-hybridized carbons (Fsp3) is 0.278. The maximum Gasteiger partial charge on any atom is 0.338 e. The van der Waals surface area contributed by atoms with E-state index in [9.17, 15) is 23.3 Å². The SMILES string of the molecule is O=C(OCc1cccc([N+](=O)[O-])c1)c1cccc(S(=O)(=O)N2CCOCC2)c1. The summed E-state index contributed by atoms with van der Waals surface area (Å²) in [5.41, 5.74) is 0.437. The van der Waals surface area contributed by atoms with Gasteiger partial charge in [0.15, 0.2) is 0 Å². The zero-order chi connectivity index (χ0) is 20.1. The van der Waals surface area contributed by atoms with Gasteiger partial charge in [0.2, 0.25) is 10.0 Å². The molecule has 148 valence electrons. The summed E-state index contributed by atoms with van der Waals surface area (Å²) in [5.74, 6) is -0.717. The molecule has 2 aromatic carbocycles. The molecule has 0 bridgehead atoms. The van der Waals surface area contributed by atoms with Crippen LogP contribution in [0.4, 0.5) is 5.69 Å². The van der Waals surface area contributed by atoms with Crippen molar-refractivity contribution in [3.8, 4) is 0 Å². The summed E-state index contributed by atoms with van der Waals surface area (Å²) in [4.78, 5) is 22.6. The molecule has 1 saturated heterocycles. The van der Waals surface area contributed by atoms with E-state index in [0.29, 0.717) is 18.8 Å². The van der Waals surface area contributed by atoms with Gasteiger partial charge in [0.1, 0.15) is 6.61 Å². The fourth-order valence-electron chi connectivity index (χ4n) is 2.71. The lowest BCUT2D eigenvalue weighted by molar-refractivity contribution is -0.384. The first-order chi connectivity index (χ1) is 13.4. The van der Waals surface area contributed by atoms with Crippen LogP contribution in [0.5, 0.6) is 0 Å². The van der Waals surface area contributed by atoms with Crippen LogP contribution in [0, 0.1) is 10.1 Å². The lowest BCUT2D eigenvalue weighted by Crippen LogP contribution is -2.40. The standard InChI is InChI=1S/C18H18N2O7S/c21-18(27-13-14-3-1-5-16(11-14)20(22)23)15-4-2-6-17(12-15)28(24,25)19-7-9-26-10-8-19/h1-6,11-12H,7-10,13H2. The summed E-state index contributed by atoms with van der Waals surface area (Å²) in [5, 5.41) is 10.8. The normalized spacial score (nSPS) is 15.1. The highest BCUT2D eigenvalue weighted by Crippen LogP contribution is 2.19. The van der Waals surface area contributed by atoms with Crippen LogP contribution in [0.1, 0.15) is 15.9 Å². The van der Waals surface area contributed by atoms with Gasteiger partial charge in [-0.1, -0.05) is 18.2 Å². The number of morpholine rings is 1. The van der Waals surface area contributed by atoms with Gasteiger partial charge in [0.25, 0.3) is 5.69 Å². The van der Waals surface area contributed by atoms with Crippen molar-refractivity contribution in [2.24, 2.45) is 0 Å². The molecule has 0 spiro atoms. The Hall–Kier alpha value is -2.82. The Bertz CT molecular complexity index is 985. The van der Waals surface area contributed by atoms with Crippen molar-refractivity contribution >= 4 is 21.7 Å². The molecule has 0 radical (unpaired) electrons. The van der Waals surface area contributed by atoms with Crippen LogP contribution in [0.3, 0.4) is 0 Å². The molecular weight excluding hydrogens is 388 g/mol. The lowest BCUT2D eigenvalue weighted by atomic mass is 10.2. The van der Waals surface area contributed by atoms with E-state index in [0.717, 1.165) is 0 Å². The first-order valence-electron chi connectivity index (χ1n) is 8.46. The monoisotopic (exact) mass is 406 g/mol. The fourth-order valence-corrected chi connectivity index (χ4v) is 4.17. The lowest BCUT2D eigenvalue weighted by Gasteiger charge is -2.26. The van der Waals surface area contributed by atoms with E-state index in [1.165, 1.54) is 46.8 Å². The third-order valence-corrected chi connectivity index (χ3v) is 6.06. The van der Waals surface area contributed by atoms with Crippen LogP contribution in [-0.2, 0) is 26.1 Å². The number of carbonyl (C=O) groups is 1. The smallest absolute Gasteiger partial charge is 0.338 e. The number of carbonyl (C=O) groups excluding carboxylic acids is 1. The maximum atomic E-state index is 12.7. The number of nitrogens with zero attached hydrogens (tertiary/aromatic N) is 2. The van der Waals surface area contributed by atoms with Crippen molar-refractivity contribution in [1.29, 1.82) is 0 Å². The Labute approximate surface area is 161 Å². The molecule has 0 aromatic heterocycles. The highest BCUT2D eigenvalue weighted by atomic mass is 32.2. The third-order valence-electron chi connectivity index (χ3n) is 4.17. The number of benzene rings is 2. The van der Waals surface area contributed by atoms with Gasteiger partial charge in [0.05, 0.1) is 28.6 Å². The van der Waals surface area contributed by atoms with Gasteiger partial charge in [0, 0.05) is 25.2 Å². The molecule has 0 aliphatic carbocycles. The molecule has 1 heterocycles. The molecule has 10 heteroatoms. The van der Waals surface area contributed by atoms with E-state index in [1.807, 2.05) is 0 Å². The third kappa shape index (κ3) is 4.53. The van der Waals surface area contributed by atoms with E-state index in [-0.39, 0.29) is 35.8 Å². The summed E-state index contributed by atoms with van der Waals surface area (Å²) in [6.07, 6.45) is 0. The van der Waals surface area contributed by atoms with Gasteiger partial charge in [-0.3, -0.25) is 10.1 Å². The van der Waals surface area contributed by atoms with Crippen LogP contribution < -0.4 is 0 Å². The minimum atomic E-state index is -3.73. The molecule has 2 aromatic rings. The molecule has 3 rings (SSSR count). The second kappa shape index (κ2) is 8.46. The summed E-state index contributed by atoms with van der Waals surface area (Å²) < 4.78 is 37.0. The summed E-state index contributed by atoms with van der Waals surface area (Å²) >= 11 is 0. The topological polar surface area (TPSA) is 116 Å². The minimum Gasteiger partial charge on any atom is -0.457 e. The van der Waals surface area contributed by atoms with E-state index in [1.54, 1.807) is 6.07 Å². The number of esters is 1. The van der Waals surface area contributed by atoms with Crippen LogP contribution >= 0.6 is 0 Å². The Morgan fingerprint density at radius 3 is 2.57 bits per heavy atom. The molecule has 1 fully saturated rings. The Morgan fingerprint density at radius 2 is 1.86 bits per heavy atom. The number of nitro groups is 1. The second-order valence-electron chi connectivity index (χ2n) is 6.05. The van der Waals surface area contributed by atoms with E-state index >= 15 is 0 Å². The van der Waals surface area contributed by atoms with Crippen molar-refractivity contribution < 1.29 is 27.6 Å². The van der Waals surface area contributed by atoms with E-state index in [2.05, 4.69) is 0 Å². The van der Waals surface area contributed by atoms with Gasteiger partial charge in [-0.15, -0.1) is 0 Å². The number of nitro benzene ring substituents is 1. The molecule has 28 heavy (non-hydrogen) atoms. The number of ether oxygens (including phenoxy) is 2. The van der Waals surface area contributed by atoms with Crippen LogP contribution in [-0.4, -0.2) is 49.9 Å². The van der Waals surface area contributed by atoms with Gasteiger partial charge in [-0.25, -0.2) is 13.2 Å². The Kier molecular flexibility index (Phi) is 6.02. The predicted octanol–water partition coefficient (Wildman–Crippen LogP) is 1.97. The van der Waals surface area contributed by atoms with E-state index < -0.39 is 20.9 Å². The first kappa shape index (κ1) is 19.9. The van der Waals surface area contributed by atoms with E-state index in [4.69, 9.17) is 9.47 Å². The molecule has 0 N–H and O–H groups in total. The summed E-state index contributed by atoms with van der Waals surface area (Å²) in [7, 11) is -3.73.